The minimum Gasteiger partial charge on any atom is -0.299 e. The van der Waals surface area contributed by atoms with Gasteiger partial charge in [-0.3, -0.25) is 9.59 Å². The fourth-order valence-corrected chi connectivity index (χ4v) is 1.11. The molecule has 0 amide bonds. The van der Waals surface area contributed by atoms with Gasteiger partial charge in [0, 0.05) is 5.56 Å². The Bertz CT molecular complexity index is 351. The Hall–Kier alpha value is -1.70. The van der Waals surface area contributed by atoms with E-state index in [1.54, 1.807) is 24.3 Å². The Morgan fingerprint density at radius 2 is 2.00 bits per heavy atom. The van der Waals surface area contributed by atoms with Gasteiger partial charge in [0.2, 0.25) is 0 Å². The topological polar surface area (TPSA) is 34.1 Å². The van der Waals surface area contributed by atoms with Gasteiger partial charge < -0.3 is 0 Å². The molecule has 0 aliphatic heterocycles. The molecule has 0 radical (unpaired) electrons. The quantitative estimate of drug-likeness (QED) is 0.399. The smallest absolute Gasteiger partial charge is 0.160 e. The van der Waals surface area contributed by atoms with Crippen molar-refractivity contribution in [1.29, 1.82) is 0 Å². The summed E-state index contributed by atoms with van der Waals surface area (Å²) in [5.41, 5.74) is 1.42. The molecule has 0 atom stereocenters. The highest BCUT2D eigenvalue weighted by molar-refractivity contribution is 5.98. The lowest BCUT2D eigenvalue weighted by Crippen LogP contribution is -1.94. The second-order valence-electron chi connectivity index (χ2n) is 2.64. The summed E-state index contributed by atoms with van der Waals surface area (Å²) in [6.45, 7) is 1.51. The van der Waals surface area contributed by atoms with Gasteiger partial charge in [0.25, 0.3) is 0 Å². The van der Waals surface area contributed by atoms with Crippen molar-refractivity contribution in [1.82, 2.24) is 0 Å². The molecular weight excluding hydrogens is 164 g/mol. The number of carbonyl (C=O) groups excluding carboxylic acids is 2. The van der Waals surface area contributed by atoms with Crippen molar-refractivity contribution >= 4 is 18.1 Å². The molecular formula is C11H10O2. The molecule has 2 heteroatoms. The van der Waals surface area contributed by atoms with Crippen molar-refractivity contribution in [2.45, 2.75) is 6.92 Å². The molecule has 1 aromatic carbocycles. The fourth-order valence-electron chi connectivity index (χ4n) is 1.11. The van der Waals surface area contributed by atoms with Crippen LogP contribution >= 0.6 is 0 Å². The van der Waals surface area contributed by atoms with Gasteiger partial charge in [-0.1, -0.05) is 30.3 Å². The molecule has 2 nitrogen and oxygen atoms in total. The summed E-state index contributed by atoms with van der Waals surface area (Å²) in [5.74, 6) is 0.00569. The van der Waals surface area contributed by atoms with E-state index in [0.29, 0.717) is 11.8 Å². The van der Waals surface area contributed by atoms with Crippen LogP contribution in [0.2, 0.25) is 0 Å². The molecule has 0 aromatic heterocycles. The minimum absolute atomic E-state index is 0.00569. The van der Waals surface area contributed by atoms with Gasteiger partial charge in [0.05, 0.1) is 0 Å². The summed E-state index contributed by atoms with van der Waals surface area (Å²) in [4.78, 5) is 21.2. The second-order valence-corrected chi connectivity index (χ2v) is 2.64. The lowest BCUT2D eigenvalue weighted by Gasteiger charge is -1.99. The van der Waals surface area contributed by atoms with Crippen LogP contribution in [-0.4, -0.2) is 12.1 Å². The number of aldehydes is 1. The largest absolute Gasteiger partial charge is 0.299 e. The van der Waals surface area contributed by atoms with Gasteiger partial charge in [-0.25, -0.2) is 0 Å². The Kier molecular flexibility index (Phi) is 3.15. The van der Waals surface area contributed by atoms with Gasteiger partial charge in [-0.15, -0.1) is 0 Å². The van der Waals surface area contributed by atoms with E-state index in [2.05, 4.69) is 0 Å². The van der Waals surface area contributed by atoms with Crippen LogP contribution in [0.25, 0.3) is 6.08 Å². The van der Waals surface area contributed by atoms with E-state index >= 15 is 0 Å². The maximum absolute atomic E-state index is 11.1. The summed E-state index contributed by atoms with van der Waals surface area (Å²) < 4.78 is 0. The minimum atomic E-state index is 0.00569. The van der Waals surface area contributed by atoms with E-state index in [1.807, 2.05) is 6.07 Å². The molecule has 0 unspecified atom stereocenters. The predicted molar refractivity (Wildman–Crippen MR) is 51.5 cm³/mol. The zero-order valence-corrected chi connectivity index (χ0v) is 7.36. The highest BCUT2D eigenvalue weighted by Gasteiger charge is 2.01. The zero-order chi connectivity index (χ0) is 9.68. The van der Waals surface area contributed by atoms with Gasteiger partial charge in [-0.05, 0) is 18.6 Å². The predicted octanol–water partition coefficient (Wildman–Crippen LogP) is 2.10. The van der Waals surface area contributed by atoms with Gasteiger partial charge in [0.1, 0.15) is 6.29 Å². The second kappa shape index (κ2) is 4.36. The molecule has 0 fully saturated rings. The van der Waals surface area contributed by atoms with Crippen LogP contribution in [0.1, 0.15) is 22.8 Å². The third-order valence-corrected chi connectivity index (χ3v) is 1.69. The molecule has 0 heterocycles. The van der Waals surface area contributed by atoms with E-state index in [4.69, 9.17) is 0 Å². The van der Waals surface area contributed by atoms with Crippen LogP contribution in [0.15, 0.2) is 30.3 Å². The lowest BCUT2D eigenvalue weighted by atomic mass is 10.0. The summed E-state index contributed by atoms with van der Waals surface area (Å²) in [7, 11) is 0. The van der Waals surface area contributed by atoms with Crippen molar-refractivity contribution in [3.05, 3.63) is 41.5 Å². The average molecular weight is 174 g/mol. The van der Waals surface area contributed by atoms with Crippen LogP contribution < -0.4 is 0 Å². The Labute approximate surface area is 76.9 Å². The number of benzene rings is 1. The first-order valence-corrected chi connectivity index (χ1v) is 3.97. The standard InChI is InChI=1S/C11H10O2/c1-9(13)11-7-3-2-5-10(11)6-4-8-12/h2-8H,1H3. The first-order chi connectivity index (χ1) is 6.25. The number of ketones is 1. The fraction of sp³-hybridized carbons (Fsp3) is 0.0909. The Morgan fingerprint density at radius 1 is 1.31 bits per heavy atom. The van der Waals surface area contributed by atoms with Crippen LogP contribution in [0, 0.1) is 0 Å². The van der Waals surface area contributed by atoms with E-state index in [-0.39, 0.29) is 5.78 Å². The highest BCUT2D eigenvalue weighted by atomic mass is 16.1. The lowest BCUT2D eigenvalue weighted by molar-refractivity contribution is -0.104. The van der Waals surface area contributed by atoms with Crippen molar-refractivity contribution < 1.29 is 9.59 Å². The van der Waals surface area contributed by atoms with E-state index in [9.17, 15) is 9.59 Å². The summed E-state index contributed by atoms with van der Waals surface area (Å²) in [6, 6.07) is 7.18. The van der Waals surface area contributed by atoms with Crippen LogP contribution in [0.4, 0.5) is 0 Å². The third kappa shape index (κ3) is 2.37. The van der Waals surface area contributed by atoms with Crippen LogP contribution in [-0.2, 0) is 4.79 Å². The Balaban J connectivity index is 3.11. The van der Waals surface area contributed by atoms with Gasteiger partial charge in [-0.2, -0.15) is 0 Å². The molecule has 13 heavy (non-hydrogen) atoms. The molecule has 0 aliphatic carbocycles. The van der Waals surface area contributed by atoms with E-state index < -0.39 is 0 Å². The number of hydrogen-bond donors (Lipinski definition) is 0. The average Bonchev–Trinajstić information content (AvgIpc) is 2.15. The molecule has 0 aliphatic rings. The summed E-state index contributed by atoms with van der Waals surface area (Å²) in [6.07, 6.45) is 3.70. The van der Waals surface area contributed by atoms with Gasteiger partial charge >= 0.3 is 0 Å². The molecule has 0 N–H and O–H groups in total. The molecule has 0 saturated heterocycles. The molecule has 1 aromatic rings. The SMILES string of the molecule is CC(=O)c1ccccc1C=CC=O. The maximum atomic E-state index is 11.1. The number of rotatable bonds is 3. The molecule has 66 valence electrons. The molecule has 0 saturated carbocycles. The maximum Gasteiger partial charge on any atom is 0.160 e. The Morgan fingerprint density at radius 3 is 2.62 bits per heavy atom. The van der Waals surface area contributed by atoms with Crippen molar-refractivity contribution in [2.75, 3.05) is 0 Å². The normalized spacial score (nSPS) is 10.2. The van der Waals surface area contributed by atoms with E-state index in [0.717, 1.165) is 5.56 Å². The number of allylic oxidation sites excluding steroid dienone is 1. The first-order valence-electron chi connectivity index (χ1n) is 3.97. The van der Waals surface area contributed by atoms with Crippen LogP contribution in [0.5, 0.6) is 0 Å². The highest BCUT2D eigenvalue weighted by Crippen LogP contribution is 2.10. The van der Waals surface area contributed by atoms with E-state index in [1.165, 1.54) is 13.0 Å². The number of carbonyl (C=O) groups is 2. The zero-order valence-electron chi connectivity index (χ0n) is 7.36. The molecule has 1 rings (SSSR count). The van der Waals surface area contributed by atoms with Crippen LogP contribution in [0.3, 0.4) is 0 Å². The van der Waals surface area contributed by atoms with Crippen molar-refractivity contribution in [2.24, 2.45) is 0 Å². The first kappa shape index (κ1) is 9.39. The van der Waals surface area contributed by atoms with Crippen molar-refractivity contribution in [3.63, 3.8) is 0 Å². The summed E-state index contributed by atoms with van der Waals surface area (Å²) in [5, 5.41) is 0. The number of Topliss-reactive ketones (excluding diaryl/α,β-unsaturated/α-hetero) is 1. The van der Waals surface area contributed by atoms with Gasteiger partial charge in [0.15, 0.2) is 5.78 Å². The van der Waals surface area contributed by atoms with Crippen molar-refractivity contribution in [3.8, 4) is 0 Å². The number of hydrogen-bond acceptors (Lipinski definition) is 2. The third-order valence-electron chi connectivity index (χ3n) is 1.69. The summed E-state index contributed by atoms with van der Waals surface area (Å²) >= 11 is 0. The molecule has 0 spiro atoms. The molecule has 0 bridgehead atoms. The monoisotopic (exact) mass is 174 g/mol.